The summed E-state index contributed by atoms with van der Waals surface area (Å²) in [5.74, 6) is 1.35. The molecule has 28 heavy (non-hydrogen) atoms. The fourth-order valence-corrected chi connectivity index (χ4v) is 3.76. The van der Waals surface area contributed by atoms with E-state index in [1.165, 1.54) is 10.5 Å². The molecule has 1 N–H and O–H groups in total. The van der Waals surface area contributed by atoms with E-state index in [-0.39, 0.29) is 5.91 Å². The van der Waals surface area contributed by atoms with E-state index >= 15 is 0 Å². The number of benzene rings is 3. The summed E-state index contributed by atoms with van der Waals surface area (Å²) >= 11 is 7.71. The lowest BCUT2D eigenvalue weighted by molar-refractivity contribution is 0.102. The average molecular weight is 412 g/mol. The molecule has 0 bridgehead atoms. The maximum absolute atomic E-state index is 12.7. The Bertz CT molecular complexity index is 957. The number of rotatable bonds is 7. The highest BCUT2D eigenvalue weighted by atomic mass is 35.5. The number of hydrogen-bond acceptors (Lipinski definition) is 3. The zero-order valence-corrected chi connectivity index (χ0v) is 17.4. The summed E-state index contributed by atoms with van der Waals surface area (Å²) in [7, 11) is 0. The molecule has 3 rings (SSSR count). The van der Waals surface area contributed by atoms with Gasteiger partial charge in [0.1, 0.15) is 5.75 Å². The number of anilines is 1. The van der Waals surface area contributed by atoms with Crippen LogP contribution in [0.2, 0.25) is 5.02 Å². The third kappa shape index (κ3) is 5.54. The number of ether oxygens (including phenoxy) is 1. The summed E-state index contributed by atoms with van der Waals surface area (Å²) in [6.45, 7) is 4.61. The molecule has 0 saturated heterocycles. The zero-order valence-electron chi connectivity index (χ0n) is 15.9. The van der Waals surface area contributed by atoms with Gasteiger partial charge < -0.3 is 10.1 Å². The summed E-state index contributed by atoms with van der Waals surface area (Å²) in [6, 6.07) is 21.1. The van der Waals surface area contributed by atoms with Crippen molar-refractivity contribution < 1.29 is 9.53 Å². The van der Waals surface area contributed by atoms with Gasteiger partial charge in [-0.1, -0.05) is 35.4 Å². The zero-order chi connectivity index (χ0) is 19.9. The average Bonchev–Trinajstić information content (AvgIpc) is 2.68. The highest BCUT2D eigenvalue weighted by Crippen LogP contribution is 2.29. The van der Waals surface area contributed by atoms with Crippen molar-refractivity contribution in [3.8, 4) is 5.75 Å². The van der Waals surface area contributed by atoms with E-state index in [4.69, 9.17) is 16.3 Å². The van der Waals surface area contributed by atoms with Crippen LogP contribution in [0.5, 0.6) is 5.75 Å². The SMILES string of the molecule is CCOc1ccc(C(=O)Nc2cccc(Cl)c2)cc1CSc1ccc(C)cc1. The molecule has 3 nitrogen and oxygen atoms in total. The van der Waals surface area contributed by atoms with Gasteiger partial charge in [0, 0.05) is 32.5 Å². The first-order valence-electron chi connectivity index (χ1n) is 9.07. The third-order valence-electron chi connectivity index (χ3n) is 4.12. The number of hydrogen-bond donors (Lipinski definition) is 1. The minimum absolute atomic E-state index is 0.174. The van der Waals surface area contributed by atoms with E-state index in [0.29, 0.717) is 22.9 Å². The van der Waals surface area contributed by atoms with E-state index in [2.05, 4.69) is 36.5 Å². The van der Waals surface area contributed by atoms with E-state index in [0.717, 1.165) is 17.1 Å². The standard InChI is InChI=1S/C23H22ClNO2S/c1-3-27-22-12-9-17(23(26)25-20-6-4-5-19(24)14-20)13-18(22)15-28-21-10-7-16(2)8-11-21/h4-14H,3,15H2,1-2H3,(H,25,26). The molecule has 0 radical (unpaired) electrons. The van der Waals surface area contributed by atoms with Gasteiger partial charge in [0.25, 0.3) is 5.91 Å². The van der Waals surface area contributed by atoms with Gasteiger partial charge in [-0.05, 0) is 62.4 Å². The maximum Gasteiger partial charge on any atom is 0.255 e. The van der Waals surface area contributed by atoms with Crippen LogP contribution in [0, 0.1) is 6.92 Å². The number of nitrogens with one attached hydrogen (secondary N) is 1. The summed E-state index contributed by atoms with van der Waals surface area (Å²) in [4.78, 5) is 13.8. The third-order valence-corrected chi connectivity index (χ3v) is 5.42. The van der Waals surface area contributed by atoms with Gasteiger partial charge in [0.05, 0.1) is 6.61 Å². The first kappa shape index (κ1) is 20.3. The Morgan fingerprint density at radius 3 is 2.57 bits per heavy atom. The van der Waals surface area contributed by atoms with Gasteiger partial charge in [-0.25, -0.2) is 0 Å². The number of halogens is 1. The number of carbonyl (C=O) groups excluding carboxylic acids is 1. The predicted octanol–water partition coefficient (Wildman–Crippen LogP) is 6.59. The smallest absolute Gasteiger partial charge is 0.255 e. The molecule has 0 aliphatic rings. The number of thioether (sulfide) groups is 1. The molecule has 0 aliphatic carbocycles. The molecule has 3 aromatic carbocycles. The van der Waals surface area contributed by atoms with Gasteiger partial charge in [0.15, 0.2) is 0 Å². The van der Waals surface area contributed by atoms with Crippen LogP contribution in [0.4, 0.5) is 5.69 Å². The maximum atomic E-state index is 12.7. The lowest BCUT2D eigenvalue weighted by atomic mass is 10.1. The molecule has 0 aliphatic heterocycles. The van der Waals surface area contributed by atoms with Crippen molar-refractivity contribution in [1.29, 1.82) is 0 Å². The Labute approximate surface area is 175 Å². The highest BCUT2D eigenvalue weighted by Gasteiger charge is 2.12. The lowest BCUT2D eigenvalue weighted by Gasteiger charge is -2.13. The number of aryl methyl sites for hydroxylation is 1. The normalized spacial score (nSPS) is 10.5. The van der Waals surface area contributed by atoms with Crippen molar-refractivity contribution in [2.45, 2.75) is 24.5 Å². The molecular formula is C23H22ClNO2S. The molecule has 0 fully saturated rings. The fourth-order valence-electron chi connectivity index (χ4n) is 2.69. The van der Waals surface area contributed by atoms with Crippen LogP contribution >= 0.6 is 23.4 Å². The monoisotopic (exact) mass is 411 g/mol. The van der Waals surface area contributed by atoms with Gasteiger partial charge in [0.2, 0.25) is 0 Å². The van der Waals surface area contributed by atoms with Gasteiger partial charge in [-0.3, -0.25) is 4.79 Å². The quantitative estimate of drug-likeness (QED) is 0.445. The van der Waals surface area contributed by atoms with E-state index < -0.39 is 0 Å². The number of carbonyl (C=O) groups is 1. The molecule has 0 unspecified atom stereocenters. The summed E-state index contributed by atoms with van der Waals surface area (Å²) in [5, 5.41) is 3.47. The molecule has 0 atom stereocenters. The molecule has 0 saturated carbocycles. The Hall–Kier alpha value is -2.43. The Balaban J connectivity index is 1.77. The summed E-state index contributed by atoms with van der Waals surface area (Å²) in [6.07, 6.45) is 0. The first-order valence-corrected chi connectivity index (χ1v) is 10.4. The van der Waals surface area contributed by atoms with Crippen LogP contribution in [-0.2, 0) is 5.75 Å². The first-order chi connectivity index (χ1) is 13.5. The molecule has 0 spiro atoms. The van der Waals surface area contributed by atoms with E-state index in [1.807, 2.05) is 25.1 Å². The minimum atomic E-state index is -0.174. The molecule has 0 aromatic heterocycles. The Morgan fingerprint density at radius 2 is 1.86 bits per heavy atom. The highest BCUT2D eigenvalue weighted by molar-refractivity contribution is 7.98. The van der Waals surface area contributed by atoms with E-state index in [9.17, 15) is 4.79 Å². The second-order valence-corrected chi connectivity index (χ2v) is 7.81. The minimum Gasteiger partial charge on any atom is -0.494 e. The van der Waals surface area contributed by atoms with E-state index in [1.54, 1.807) is 36.0 Å². The Kier molecular flexibility index (Phi) is 7.01. The second kappa shape index (κ2) is 9.67. The molecule has 3 aromatic rings. The van der Waals surface area contributed by atoms with Crippen molar-refractivity contribution >= 4 is 35.0 Å². The van der Waals surface area contributed by atoms with Crippen LogP contribution in [0.15, 0.2) is 71.6 Å². The number of amides is 1. The topological polar surface area (TPSA) is 38.3 Å². The van der Waals surface area contributed by atoms with Crippen molar-refractivity contribution in [3.05, 3.63) is 88.4 Å². The van der Waals surface area contributed by atoms with Gasteiger partial charge in [-0.2, -0.15) is 0 Å². The van der Waals surface area contributed by atoms with Crippen LogP contribution < -0.4 is 10.1 Å². The van der Waals surface area contributed by atoms with Crippen LogP contribution in [0.25, 0.3) is 0 Å². The van der Waals surface area contributed by atoms with Crippen LogP contribution in [0.3, 0.4) is 0 Å². The van der Waals surface area contributed by atoms with Crippen molar-refractivity contribution in [2.75, 3.05) is 11.9 Å². The molecule has 5 heteroatoms. The van der Waals surface area contributed by atoms with Gasteiger partial charge in [-0.15, -0.1) is 11.8 Å². The summed E-state index contributed by atoms with van der Waals surface area (Å²) < 4.78 is 5.75. The van der Waals surface area contributed by atoms with Crippen LogP contribution in [0.1, 0.15) is 28.4 Å². The fraction of sp³-hybridized carbons (Fsp3) is 0.174. The molecular weight excluding hydrogens is 390 g/mol. The van der Waals surface area contributed by atoms with Crippen molar-refractivity contribution in [3.63, 3.8) is 0 Å². The van der Waals surface area contributed by atoms with Crippen molar-refractivity contribution in [1.82, 2.24) is 0 Å². The van der Waals surface area contributed by atoms with Crippen molar-refractivity contribution in [2.24, 2.45) is 0 Å². The molecule has 144 valence electrons. The predicted molar refractivity (Wildman–Crippen MR) is 118 cm³/mol. The van der Waals surface area contributed by atoms with Gasteiger partial charge >= 0.3 is 0 Å². The largest absolute Gasteiger partial charge is 0.494 e. The lowest BCUT2D eigenvalue weighted by Crippen LogP contribution is -2.12. The Morgan fingerprint density at radius 1 is 1.07 bits per heavy atom. The summed E-state index contributed by atoms with van der Waals surface area (Å²) in [5.41, 5.74) is 3.48. The molecule has 1 amide bonds. The van der Waals surface area contributed by atoms with Crippen LogP contribution in [-0.4, -0.2) is 12.5 Å². The molecule has 0 heterocycles. The second-order valence-electron chi connectivity index (χ2n) is 6.32.